The SMILES string of the molecule is Cl.Nc1ccc2cncn2c1. The van der Waals surface area contributed by atoms with E-state index in [2.05, 4.69) is 4.98 Å². The Morgan fingerprint density at radius 2 is 2.18 bits per heavy atom. The molecule has 4 heteroatoms. The molecule has 0 spiro atoms. The number of aromatic nitrogens is 2. The third kappa shape index (κ3) is 1.28. The zero-order valence-corrected chi connectivity index (χ0v) is 6.58. The number of halogens is 1. The smallest absolute Gasteiger partial charge is 0.0992 e. The molecular formula is C7H8ClN3. The first-order valence-corrected chi connectivity index (χ1v) is 3.03. The fourth-order valence-corrected chi connectivity index (χ4v) is 0.937. The van der Waals surface area contributed by atoms with E-state index in [0.29, 0.717) is 0 Å². The van der Waals surface area contributed by atoms with Gasteiger partial charge in [0.05, 0.1) is 18.0 Å². The van der Waals surface area contributed by atoms with E-state index >= 15 is 0 Å². The van der Waals surface area contributed by atoms with Gasteiger partial charge in [-0.1, -0.05) is 0 Å². The lowest BCUT2D eigenvalue weighted by Crippen LogP contribution is -1.87. The molecule has 0 aliphatic heterocycles. The molecule has 0 aliphatic carbocycles. The van der Waals surface area contributed by atoms with E-state index in [9.17, 15) is 0 Å². The van der Waals surface area contributed by atoms with E-state index in [-0.39, 0.29) is 12.4 Å². The summed E-state index contributed by atoms with van der Waals surface area (Å²) in [5.41, 5.74) is 7.35. The third-order valence-corrected chi connectivity index (χ3v) is 1.43. The second-order valence-electron chi connectivity index (χ2n) is 2.19. The van der Waals surface area contributed by atoms with Crippen LogP contribution in [0.1, 0.15) is 0 Å². The minimum atomic E-state index is 0. The molecule has 0 radical (unpaired) electrons. The zero-order valence-electron chi connectivity index (χ0n) is 5.77. The number of rotatable bonds is 0. The first-order chi connectivity index (χ1) is 4.86. The first-order valence-electron chi connectivity index (χ1n) is 3.03. The summed E-state index contributed by atoms with van der Waals surface area (Å²) in [4.78, 5) is 3.95. The third-order valence-electron chi connectivity index (χ3n) is 1.43. The van der Waals surface area contributed by atoms with Gasteiger partial charge >= 0.3 is 0 Å². The minimum Gasteiger partial charge on any atom is -0.398 e. The van der Waals surface area contributed by atoms with Crippen molar-refractivity contribution < 1.29 is 0 Å². The van der Waals surface area contributed by atoms with Gasteiger partial charge in [0.25, 0.3) is 0 Å². The van der Waals surface area contributed by atoms with Crippen LogP contribution in [-0.2, 0) is 0 Å². The number of nitrogens with two attached hydrogens (primary N) is 1. The number of hydrogen-bond donors (Lipinski definition) is 1. The van der Waals surface area contributed by atoms with E-state index < -0.39 is 0 Å². The van der Waals surface area contributed by atoms with Crippen molar-refractivity contribution in [2.45, 2.75) is 0 Å². The maximum Gasteiger partial charge on any atom is 0.0992 e. The zero-order chi connectivity index (χ0) is 6.97. The highest BCUT2D eigenvalue weighted by Gasteiger charge is 1.90. The molecule has 0 saturated carbocycles. The van der Waals surface area contributed by atoms with Gasteiger partial charge in [0.1, 0.15) is 0 Å². The van der Waals surface area contributed by atoms with Crippen LogP contribution in [0.15, 0.2) is 30.9 Å². The van der Waals surface area contributed by atoms with Crippen molar-refractivity contribution in [2.24, 2.45) is 0 Å². The highest BCUT2D eigenvalue weighted by Crippen LogP contribution is 2.05. The number of fused-ring (bicyclic) bond motifs is 1. The van der Waals surface area contributed by atoms with Crippen LogP contribution in [0.4, 0.5) is 5.69 Å². The summed E-state index contributed by atoms with van der Waals surface area (Å²) in [6, 6.07) is 3.79. The van der Waals surface area contributed by atoms with Crippen LogP contribution < -0.4 is 5.73 Å². The average Bonchev–Trinajstić information content (AvgIpc) is 2.33. The topological polar surface area (TPSA) is 43.3 Å². The largest absolute Gasteiger partial charge is 0.398 e. The highest BCUT2D eigenvalue weighted by atomic mass is 35.5. The number of anilines is 1. The van der Waals surface area contributed by atoms with Gasteiger partial charge in [-0.25, -0.2) is 4.98 Å². The van der Waals surface area contributed by atoms with Gasteiger partial charge in [0.15, 0.2) is 0 Å². The lowest BCUT2D eigenvalue weighted by atomic mass is 10.4. The van der Waals surface area contributed by atoms with Crippen LogP contribution in [0.2, 0.25) is 0 Å². The molecule has 2 aromatic heterocycles. The van der Waals surface area contributed by atoms with Gasteiger partial charge in [0.2, 0.25) is 0 Å². The van der Waals surface area contributed by atoms with Crippen LogP contribution >= 0.6 is 12.4 Å². The lowest BCUT2D eigenvalue weighted by molar-refractivity contribution is 1.16. The summed E-state index contributed by atoms with van der Waals surface area (Å²) in [5, 5.41) is 0. The normalized spacial score (nSPS) is 9.45. The second kappa shape index (κ2) is 2.80. The maximum atomic E-state index is 5.53. The Labute approximate surface area is 70.3 Å². The molecule has 0 fully saturated rings. The van der Waals surface area contributed by atoms with Crippen molar-refractivity contribution in [2.75, 3.05) is 5.73 Å². The second-order valence-corrected chi connectivity index (χ2v) is 2.19. The van der Waals surface area contributed by atoms with E-state index in [1.54, 1.807) is 12.5 Å². The Balaban J connectivity index is 0.000000605. The van der Waals surface area contributed by atoms with Gasteiger partial charge in [-0.05, 0) is 12.1 Å². The van der Waals surface area contributed by atoms with E-state index in [4.69, 9.17) is 5.73 Å². The van der Waals surface area contributed by atoms with Crippen molar-refractivity contribution in [1.29, 1.82) is 0 Å². The van der Waals surface area contributed by atoms with Crippen LogP contribution in [0, 0.1) is 0 Å². The lowest BCUT2D eigenvalue weighted by Gasteiger charge is -1.93. The summed E-state index contributed by atoms with van der Waals surface area (Å²) >= 11 is 0. The summed E-state index contributed by atoms with van der Waals surface area (Å²) in [6.45, 7) is 0. The highest BCUT2D eigenvalue weighted by molar-refractivity contribution is 5.85. The van der Waals surface area contributed by atoms with Gasteiger partial charge in [-0.3, -0.25) is 0 Å². The van der Waals surface area contributed by atoms with E-state index in [0.717, 1.165) is 11.2 Å². The van der Waals surface area contributed by atoms with Gasteiger partial charge in [-0.15, -0.1) is 12.4 Å². The number of pyridine rings is 1. The molecule has 2 heterocycles. The van der Waals surface area contributed by atoms with Crippen molar-refractivity contribution in [3.05, 3.63) is 30.9 Å². The van der Waals surface area contributed by atoms with Gasteiger partial charge in [0, 0.05) is 11.9 Å². The summed E-state index contributed by atoms with van der Waals surface area (Å²) in [6.07, 6.45) is 5.35. The van der Waals surface area contributed by atoms with Gasteiger partial charge < -0.3 is 10.1 Å². The fraction of sp³-hybridized carbons (Fsp3) is 0. The van der Waals surface area contributed by atoms with Crippen molar-refractivity contribution in [3.8, 4) is 0 Å². The Kier molecular flexibility index (Phi) is 2.01. The number of nitrogens with zero attached hydrogens (tertiary/aromatic N) is 2. The maximum absolute atomic E-state index is 5.53. The summed E-state index contributed by atoms with van der Waals surface area (Å²) in [5.74, 6) is 0. The Hall–Kier alpha value is -1.22. The summed E-state index contributed by atoms with van der Waals surface area (Å²) in [7, 11) is 0. The van der Waals surface area contributed by atoms with Crippen LogP contribution in [0.25, 0.3) is 5.52 Å². The number of nitrogen functional groups attached to an aromatic ring is 1. The predicted octanol–water partition coefficient (Wildman–Crippen LogP) is 1.34. The molecule has 2 N–H and O–H groups in total. The molecule has 3 nitrogen and oxygen atoms in total. The summed E-state index contributed by atoms with van der Waals surface area (Å²) < 4.78 is 1.88. The quantitative estimate of drug-likeness (QED) is 0.647. The van der Waals surface area contributed by atoms with Gasteiger partial charge in [-0.2, -0.15) is 0 Å². The van der Waals surface area contributed by atoms with Crippen molar-refractivity contribution in [1.82, 2.24) is 9.38 Å². The van der Waals surface area contributed by atoms with E-state index in [1.165, 1.54) is 0 Å². The molecule has 0 aromatic carbocycles. The standard InChI is InChI=1S/C7H7N3.ClH/c8-6-1-2-7-3-9-5-10(7)4-6;/h1-5H,8H2;1H. The molecule has 0 bridgehead atoms. The number of imidazole rings is 1. The molecule has 58 valence electrons. The molecule has 0 saturated heterocycles. The fourth-order valence-electron chi connectivity index (χ4n) is 0.937. The number of hydrogen-bond acceptors (Lipinski definition) is 2. The Morgan fingerprint density at radius 1 is 1.36 bits per heavy atom. The molecular weight excluding hydrogens is 162 g/mol. The molecule has 0 amide bonds. The molecule has 2 aromatic rings. The Morgan fingerprint density at radius 3 is 3.00 bits per heavy atom. The Bertz CT molecular complexity index is 355. The van der Waals surface area contributed by atoms with Crippen LogP contribution in [0.3, 0.4) is 0 Å². The molecule has 11 heavy (non-hydrogen) atoms. The van der Waals surface area contributed by atoms with Crippen molar-refractivity contribution in [3.63, 3.8) is 0 Å². The molecule has 0 atom stereocenters. The predicted molar refractivity (Wildman–Crippen MR) is 46.9 cm³/mol. The average molecular weight is 170 g/mol. The van der Waals surface area contributed by atoms with Crippen LogP contribution in [-0.4, -0.2) is 9.38 Å². The molecule has 0 aliphatic rings. The molecule has 0 unspecified atom stereocenters. The molecule has 2 rings (SSSR count). The monoisotopic (exact) mass is 169 g/mol. The van der Waals surface area contributed by atoms with Crippen molar-refractivity contribution >= 4 is 23.6 Å². The first kappa shape index (κ1) is 7.88. The van der Waals surface area contributed by atoms with E-state index in [1.807, 2.05) is 22.7 Å². The minimum absolute atomic E-state index is 0. The van der Waals surface area contributed by atoms with Crippen LogP contribution in [0.5, 0.6) is 0 Å².